The molecule has 0 aromatic heterocycles. The number of imide groups is 1. The standard InChI is InChI=1S/C19H16ClFN2O4/c1-19(12-3-5-15-16(8-12)27-7-6-26-15)17(24)23(18(25)22-19)10-11-2-4-13(21)9-14(11)20/h2-5,8-9H,6-7,10H2,1H3,(H,22,25)/t19-/m0/s1. The summed E-state index contributed by atoms with van der Waals surface area (Å²) in [5.74, 6) is 0.217. The van der Waals surface area contributed by atoms with Gasteiger partial charge < -0.3 is 14.8 Å². The first kappa shape index (κ1) is 17.6. The van der Waals surface area contributed by atoms with E-state index in [2.05, 4.69) is 5.32 Å². The summed E-state index contributed by atoms with van der Waals surface area (Å²) >= 11 is 6.03. The minimum absolute atomic E-state index is 0.0517. The van der Waals surface area contributed by atoms with Crippen molar-refractivity contribution in [1.29, 1.82) is 0 Å². The van der Waals surface area contributed by atoms with Crippen molar-refractivity contribution in [3.05, 3.63) is 58.4 Å². The molecule has 1 atom stereocenters. The molecule has 27 heavy (non-hydrogen) atoms. The van der Waals surface area contributed by atoms with Gasteiger partial charge in [0.05, 0.1) is 6.54 Å². The summed E-state index contributed by atoms with van der Waals surface area (Å²) in [6.45, 7) is 2.46. The number of hydrogen-bond acceptors (Lipinski definition) is 4. The molecule has 2 heterocycles. The highest BCUT2D eigenvalue weighted by molar-refractivity contribution is 6.31. The maximum atomic E-state index is 13.2. The Morgan fingerprint density at radius 1 is 1.15 bits per heavy atom. The highest BCUT2D eigenvalue weighted by Crippen LogP contribution is 2.37. The zero-order valence-electron chi connectivity index (χ0n) is 14.4. The van der Waals surface area contributed by atoms with E-state index in [4.69, 9.17) is 21.1 Å². The van der Waals surface area contributed by atoms with Gasteiger partial charge >= 0.3 is 6.03 Å². The summed E-state index contributed by atoms with van der Waals surface area (Å²) in [4.78, 5) is 26.6. The van der Waals surface area contributed by atoms with E-state index in [1.54, 1.807) is 25.1 Å². The first-order chi connectivity index (χ1) is 12.9. The molecule has 1 saturated heterocycles. The van der Waals surface area contributed by atoms with Crippen molar-refractivity contribution < 1.29 is 23.5 Å². The van der Waals surface area contributed by atoms with E-state index in [1.807, 2.05) is 0 Å². The number of rotatable bonds is 3. The van der Waals surface area contributed by atoms with E-state index in [0.29, 0.717) is 35.8 Å². The number of carbonyl (C=O) groups excluding carboxylic acids is 2. The van der Waals surface area contributed by atoms with Crippen LogP contribution in [0.1, 0.15) is 18.1 Å². The molecule has 0 spiro atoms. The summed E-state index contributed by atoms with van der Waals surface area (Å²) in [5.41, 5.74) is -0.190. The van der Waals surface area contributed by atoms with Crippen LogP contribution in [0, 0.1) is 5.82 Å². The van der Waals surface area contributed by atoms with Gasteiger partial charge in [-0.25, -0.2) is 9.18 Å². The molecule has 2 aromatic carbocycles. The molecule has 2 aliphatic heterocycles. The van der Waals surface area contributed by atoms with Crippen molar-refractivity contribution in [2.45, 2.75) is 19.0 Å². The Bertz CT molecular complexity index is 951. The second-order valence-corrected chi connectivity index (χ2v) is 6.95. The average molecular weight is 391 g/mol. The highest BCUT2D eigenvalue weighted by atomic mass is 35.5. The average Bonchev–Trinajstić information content (AvgIpc) is 2.87. The van der Waals surface area contributed by atoms with E-state index in [9.17, 15) is 14.0 Å². The van der Waals surface area contributed by atoms with Crippen molar-refractivity contribution >= 4 is 23.5 Å². The van der Waals surface area contributed by atoms with Crippen molar-refractivity contribution in [2.75, 3.05) is 13.2 Å². The normalized spacial score (nSPS) is 21.4. The van der Waals surface area contributed by atoms with Crippen LogP contribution in [-0.2, 0) is 16.9 Å². The number of fused-ring (bicyclic) bond motifs is 1. The second kappa shape index (κ2) is 6.42. The van der Waals surface area contributed by atoms with Gasteiger partial charge in [-0.1, -0.05) is 23.7 Å². The maximum absolute atomic E-state index is 13.2. The van der Waals surface area contributed by atoms with Gasteiger partial charge in [0.25, 0.3) is 5.91 Å². The van der Waals surface area contributed by atoms with Gasteiger partial charge in [0.2, 0.25) is 0 Å². The lowest BCUT2D eigenvalue weighted by Crippen LogP contribution is -2.41. The molecule has 0 unspecified atom stereocenters. The molecule has 3 amide bonds. The Hall–Kier alpha value is -2.80. The lowest BCUT2D eigenvalue weighted by molar-refractivity contribution is -0.131. The van der Waals surface area contributed by atoms with Crippen LogP contribution in [0.2, 0.25) is 5.02 Å². The summed E-state index contributed by atoms with van der Waals surface area (Å²) in [6.07, 6.45) is 0. The van der Waals surface area contributed by atoms with Crippen LogP contribution in [0.4, 0.5) is 9.18 Å². The second-order valence-electron chi connectivity index (χ2n) is 6.54. The Morgan fingerprint density at radius 2 is 1.89 bits per heavy atom. The minimum Gasteiger partial charge on any atom is -0.486 e. The largest absolute Gasteiger partial charge is 0.486 e. The van der Waals surface area contributed by atoms with E-state index in [0.717, 1.165) is 11.0 Å². The monoisotopic (exact) mass is 390 g/mol. The predicted octanol–water partition coefficient (Wildman–Crippen LogP) is 3.22. The van der Waals surface area contributed by atoms with E-state index in [1.165, 1.54) is 12.1 Å². The molecule has 6 nitrogen and oxygen atoms in total. The molecule has 0 bridgehead atoms. The lowest BCUT2D eigenvalue weighted by atomic mass is 9.91. The highest BCUT2D eigenvalue weighted by Gasteiger charge is 2.49. The van der Waals surface area contributed by atoms with Gasteiger partial charge in [-0.3, -0.25) is 9.69 Å². The first-order valence-corrected chi connectivity index (χ1v) is 8.74. The Morgan fingerprint density at radius 3 is 2.63 bits per heavy atom. The van der Waals surface area contributed by atoms with Crippen molar-refractivity contribution in [1.82, 2.24) is 10.2 Å². The third-order valence-electron chi connectivity index (χ3n) is 4.74. The number of ether oxygens (including phenoxy) is 2. The zero-order chi connectivity index (χ0) is 19.2. The minimum atomic E-state index is -1.25. The number of amides is 3. The van der Waals surface area contributed by atoms with Gasteiger partial charge in [-0.2, -0.15) is 0 Å². The molecule has 140 valence electrons. The number of nitrogens with zero attached hydrogens (tertiary/aromatic N) is 1. The van der Waals surface area contributed by atoms with Gasteiger partial charge in [-0.15, -0.1) is 0 Å². The van der Waals surface area contributed by atoms with Crippen molar-refractivity contribution in [2.24, 2.45) is 0 Å². The number of carbonyl (C=O) groups is 2. The molecular formula is C19H16ClFN2O4. The molecule has 8 heteroatoms. The molecule has 2 aliphatic rings. The third-order valence-corrected chi connectivity index (χ3v) is 5.09. The number of halogens is 2. The van der Waals surface area contributed by atoms with Gasteiger partial charge in [0, 0.05) is 5.02 Å². The predicted molar refractivity (Wildman–Crippen MR) is 95.3 cm³/mol. The molecule has 4 rings (SSSR count). The van der Waals surface area contributed by atoms with E-state index >= 15 is 0 Å². The van der Waals surface area contributed by atoms with Gasteiger partial charge in [-0.05, 0) is 42.3 Å². The van der Waals surface area contributed by atoms with Gasteiger partial charge in [0.1, 0.15) is 24.6 Å². The fourth-order valence-electron chi connectivity index (χ4n) is 3.21. The van der Waals surface area contributed by atoms with Crippen LogP contribution < -0.4 is 14.8 Å². The summed E-state index contributed by atoms with van der Waals surface area (Å²) in [6, 6.07) is 8.43. The molecule has 0 radical (unpaired) electrons. The molecule has 0 aliphatic carbocycles. The number of nitrogens with one attached hydrogen (secondary N) is 1. The van der Waals surface area contributed by atoms with Crippen LogP contribution in [-0.4, -0.2) is 30.1 Å². The fourth-order valence-corrected chi connectivity index (χ4v) is 3.44. The van der Waals surface area contributed by atoms with Crippen LogP contribution in [0.5, 0.6) is 11.5 Å². The van der Waals surface area contributed by atoms with E-state index < -0.39 is 23.3 Å². The Balaban J connectivity index is 1.63. The quantitative estimate of drug-likeness (QED) is 0.817. The van der Waals surface area contributed by atoms with Crippen LogP contribution in [0.3, 0.4) is 0 Å². The first-order valence-electron chi connectivity index (χ1n) is 8.36. The SMILES string of the molecule is C[C@@]1(c2ccc3c(c2)OCCO3)NC(=O)N(Cc2ccc(F)cc2Cl)C1=O. The molecule has 0 saturated carbocycles. The number of benzene rings is 2. The Kier molecular flexibility index (Phi) is 4.19. The van der Waals surface area contributed by atoms with Gasteiger partial charge in [0.15, 0.2) is 11.5 Å². The van der Waals surface area contributed by atoms with Crippen molar-refractivity contribution in [3.63, 3.8) is 0 Å². The number of hydrogen-bond donors (Lipinski definition) is 1. The summed E-state index contributed by atoms with van der Waals surface area (Å²) in [5, 5.41) is 2.88. The molecule has 1 N–H and O–H groups in total. The Labute approximate surface area is 159 Å². The third kappa shape index (κ3) is 2.98. The molecule has 2 aromatic rings. The molecular weight excluding hydrogens is 375 g/mol. The van der Waals surface area contributed by atoms with Crippen LogP contribution >= 0.6 is 11.6 Å². The lowest BCUT2D eigenvalue weighted by Gasteiger charge is -2.25. The van der Waals surface area contributed by atoms with Crippen LogP contribution in [0.25, 0.3) is 0 Å². The van der Waals surface area contributed by atoms with E-state index in [-0.39, 0.29) is 11.6 Å². The summed E-state index contributed by atoms with van der Waals surface area (Å²) in [7, 11) is 0. The topological polar surface area (TPSA) is 67.9 Å². The zero-order valence-corrected chi connectivity index (χ0v) is 15.2. The van der Waals surface area contributed by atoms with Crippen LogP contribution in [0.15, 0.2) is 36.4 Å². The maximum Gasteiger partial charge on any atom is 0.325 e. The van der Waals surface area contributed by atoms with Crippen molar-refractivity contribution in [3.8, 4) is 11.5 Å². The smallest absolute Gasteiger partial charge is 0.325 e. The fraction of sp³-hybridized carbons (Fsp3) is 0.263. The molecule has 1 fully saturated rings. The summed E-state index contributed by atoms with van der Waals surface area (Å²) < 4.78 is 24.3. The number of urea groups is 1.